The van der Waals surface area contributed by atoms with Crippen LogP contribution in [0.4, 0.5) is 21.7 Å². The summed E-state index contributed by atoms with van der Waals surface area (Å²) in [5, 5.41) is 9.66. The molecule has 0 atom stereocenters. The predicted molar refractivity (Wildman–Crippen MR) is 127 cm³/mol. The molecule has 5 rings (SSSR count). The van der Waals surface area contributed by atoms with Crippen LogP contribution in [-0.4, -0.2) is 57.4 Å². The van der Waals surface area contributed by atoms with Crippen LogP contribution in [0.3, 0.4) is 0 Å². The molecule has 4 aromatic rings. The molecule has 2 aromatic carbocycles. The highest BCUT2D eigenvalue weighted by Crippen LogP contribution is 2.28. The van der Waals surface area contributed by atoms with E-state index in [2.05, 4.69) is 46.0 Å². The molecule has 1 saturated heterocycles. The van der Waals surface area contributed by atoms with Crippen molar-refractivity contribution in [1.29, 1.82) is 0 Å². The first-order valence-electron chi connectivity index (χ1n) is 11.2. The fourth-order valence-electron chi connectivity index (χ4n) is 4.35. The van der Waals surface area contributed by atoms with Crippen LogP contribution in [0.1, 0.15) is 26.8 Å². The average Bonchev–Trinajstić information content (AvgIpc) is 3.24. The lowest BCUT2D eigenvalue weighted by Crippen LogP contribution is -2.46. The Balaban J connectivity index is 1.42. The second-order valence-electron chi connectivity index (χ2n) is 8.53. The molecular formula is C24H28FN7. The monoisotopic (exact) mass is 433 g/mol. The van der Waals surface area contributed by atoms with E-state index in [1.807, 2.05) is 35.1 Å². The summed E-state index contributed by atoms with van der Waals surface area (Å²) in [6, 6.07) is 9.50. The van der Waals surface area contributed by atoms with Gasteiger partial charge in [-0.15, -0.1) is 0 Å². The number of rotatable bonds is 5. The van der Waals surface area contributed by atoms with Crippen molar-refractivity contribution >= 4 is 39.1 Å². The molecule has 7 nitrogen and oxygen atoms in total. The van der Waals surface area contributed by atoms with Crippen LogP contribution in [0.25, 0.3) is 21.8 Å². The van der Waals surface area contributed by atoms with E-state index in [1.54, 1.807) is 6.20 Å². The van der Waals surface area contributed by atoms with Crippen molar-refractivity contribution in [3.8, 4) is 0 Å². The molecule has 1 aliphatic heterocycles. The molecule has 0 spiro atoms. The van der Waals surface area contributed by atoms with Gasteiger partial charge in [0.15, 0.2) is 0 Å². The lowest BCUT2D eigenvalue weighted by molar-refractivity contribution is 0.270. The van der Waals surface area contributed by atoms with Gasteiger partial charge in [0.25, 0.3) is 0 Å². The third-order valence-electron chi connectivity index (χ3n) is 6.16. The molecule has 0 bridgehead atoms. The Hall–Kier alpha value is -3.26. The molecule has 3 heterocycles. The van der Waals surface area contributed by atoms with Crippen LogP contribution in [0, 0.1) is 5.82 Å². The fraction of sp³-hybridized carbons (Fsp3) is 0.375. The molecule has 1 fully saturated rings. The number of likely N-dealkylation sites (N-methyl/N-ethyl adjacent to an activating group) is 1. The lowest BCUT2D eigenvalue weighted by atomic mass is 10.2. The molecule has 0 radical (unpaired) electrons. The maximum absolute atomic E-state index is 14.9. The minimum atomic E-state index is -0.235. The van der Waals surface area contributed by atoms with E-state index in [0.29, 0.717) is 17.3 Å². The molecule has 1 aliphatic rings. The quantitative estimate of drug-likeness (QED) is 0.497. The Bertz CT molecular complexity index is 1260. The Kier molecular flexibility index (Phi) is 5.38. The third kappa shape index (κ3) is 3.75. The zero-order chi connectivity index (χ0) is 22.2. The fourth-order valence-corrected chi connectivity index (χ4v) is 4.35. The number of benzene rings is 2. The predicted octanol–water partition coefficient (Wildman–Crippen LogP) is 4.59. The van der Waals surface area contributed by atoms with Gasteiger partial charge in [-0.3, -0.25) is 4.68 Å². The van der Waals surface area contributed by atoms with Gasteiger partial charge in [0.1, 0.15) is 11.3 Å². The molecule has 2 aromatic heterocycles. The Labute approximate surface area is 186 Å². The minimum Gasteiger partial charge on any atom is -0.367 e. The summed E-state index contributed by atoms with van der Waals surface area (Å²) in [4.78, 5) is 13.7. The normalized spacial score (nSPS) is 15.2. The van der Waals surface area contributed by atoms with E-state index in [1.165, 1.54) is 6.07 Å². The summed E-state index contributed by atoms with van der Waals surface area (Å²) in [5.41, 5.74) is 3.09. The van der Waals surface area contributed by atoms with Gasteiger partial charge in [-0.2, -0.15) is 5.10 Å². The van der Waals surface area contributed by atoms with Gasteiger partial charge in [0.2, 0.25) is 5.95 Å². The molecule has 166 valence electrons. The Morgan fingerprint density at radius 2 is 1.81 bits per heavy atom. The van der Waals surface area contributed by atoms with Crippen molar-refractivity contribution in [3.63, 3.8) is 0 Å². The molecule has 32 heavy (non-hydrogen) atoms. The van der Waals surface area contributed by atoms with Gasteiger partial charge in [0.05, 0.1) is 17.4 Å². The van der Waals surface area contributed by atoms with Crippen molar-refractivity contribution in [2.24, 2.45) is 0 Å². The summed E-state index contributed by atoms with van der Waals surface area (Å²) in [5.74, 6) is 0.200. The van der Waals surface area contributed by atoms with Crippen molar-refractivity contribution in [2.45, 2.75) is 26.8 Å². The van der Waals surface area contributed by atoms with Crippen LogP contribution in [0.15, 0.2) is 42.7 Å². The maximum atomic E-state index is 14.9. The first kappa shape index (κ1) is 20.6. The first-order valence-corrected chi connectivity index (χ1v) is 11.2. The molecular weight excluding hydrogens is 405 g/mol. The van der Waals surface area contributed by atoms with Gasteiger partial charge in [-0.05, 0) is 38.6 Å². The largest absolute Gasteiger partial charge is 0.367 e. The summed E-state index contributed by atoms with van der Waals surface area (Å²) >= 11 is 0. The van der Waals surface area contributed by atoms with Gasteiger partial charge in [-0.25, -0.2) is 14.4 Å². The zero-order valence-corrected chi connectivity index (χ0v) is 18.7. The van der Waals surface area contributed by atoms with Crippen LogP contribution >= 0.6 is 0 Å². The second kappa shape index (κ2) is 8.35. The van der Waals surface area contributed by atoms with Crippen LogP contribution in [-0.2, 0) is 0 Å². The Morgan fingerprint density at radius 1 is 1.03 bits per heavy atom. The summed E-state index contributed by atoms with van der Waals surface area (Å²) in [6.07, 6.45) is 3.65. The van der Waals surface area contributed by atoms with E-state index in [-0.39, 0.29) is 11.9 Å². The maximum Gasteiger partial charge on any atom is 0.227 e. The second-order valence-corrected chi connectivity index (χ2v) is 8.53. The number of piperazine rings is 1. The number of aromatic nitrogens is 4. The van der Waals surface area contributed by atoms with E-state index in [0.717, 1.165) is 54.5 Å². The molecule has 0 aliphatic carbocycles. The number of hydrogen-bond donors (Lipinski definition) is 1. The molecule has 0 amide bonds. The van der Waals surface area contributed by atoms with Gasteiger partial charge < -0.3 is 15.1 Å². The smallest absolute Gasteiger partial charge is 0.227 e. The molecule has 0 saturated carbocycles. The van der Waals surface area contributed by atoms with Crippen molar-refractivity contribution < 1.29 is 4.39 Å². The van der Waals surface area contributed by atoms with Crippen LogP contribution < -0.4 is 10.2 Å². The number of anilines is 3. The highest BCUT2D eigenvalue weighted by molar-refractivity contribution is 6.03. The summed E-state index contributed by atoms with van der Waals surface area (Å²) < 4.78 is 16.9. The van der Waals surface area contributed by atoms with E-state index < -0.39 is 0 Å². The van der Waals surface area contributed by atoms with E-state index >= 15 is 0 Å². The van der Waals surface area contributed by atoms with E-state index in [9.17, 15) is 4.39 Å². The number of nitrogens with one attached hydrogen (secondary N) is 1. The first-order chi connectivity index (χ1) is 15.5. The number of nitrogens with zero attached hydrogens (tertiary/aromatic N) is 6. The number of hydrogen-bond acceptors (Lipinski definition) is 6. The van der Waals surface area contributed by atoms with Gasteiger partial charge in [0, 0.05) is 54.9 Å². The van der Waals surface area contributed by atoms with Gasteiger partial charge >= 0.3 is 0 Å². The standard InChI is InChI=1S/C24H28FN7/c1-4-30-9-11-31(12-10-30)21-8-7-19(13-20(21)25)28-24-26-14-17-5-6-18-15-27-32(16(2)3)23(18)22(17)29-24/h5-8,13-16H,4,9-12H2,1-3H3,(H,26,28,29). The lowest BCUT2D eigenvalue weighted by Gasteiger charge is -2.35. The van der Waals surface area contributed by atoms with Crippen LogP contribution in [0.2, 0.25) is 0 Å². The topological polar surface area (TPSA) is 62.1 Å². The van der Waals surface area contributed by atoms with Crippen molar-refractivity contribution in [2.75, 3.05) is 42.9 Å². The SMILES string of the molecule is CCN1CCN(c2ccc(Nc3ncc4ccc5cnn(C(C)C)c5c4n3)cc2F)CC1. The van der Waals surface area contributed by atoms with Crippen LogP contribution in [0.5, 0.6) is 0 Å². The van der Waals surface area contributed by atoms with Crippen molar-refractivity contribution in [3.05, 3.63) is 48.5 Å². The third-order valence-corrected chi connectivity index (χ3v) is 6.16. The summed E-state index contributed by atoms with van der Waals surface area (Å²) in [7, 11) is 0. The minimum absolute atomic E-state index is 0.213. The average molecular weight is 434 g/mol. The molecule has 1 N–H and O–H groups in total. The van der Waals surface area contributed by atoms with E-state index in [4.69, 9.17) is 4.98 Å². The highest BCUT2D eigenvalue weighted by atomic mass is 19.1. The number of fused-ring (bicyclic) bond motifs is 3. The molecule has 8 heteroatoms. The highest BCUT2D eigenvalue weighted by Gasteiger charge is 2.19. The van der Waals surface area contributed by atoms with Gasteiger partial charge in [-0.1, -0.05) is 19.1 Å². The number of halogens is 1. The molecule has 0 unspecified atom stereocenters. The summed E-state index contributed by atoms with van der Waals surface area (Å²) in [6.45, 7) is 11.0. The zero-order valence-electron chi connectivity index (χ0n) is 18.7. The Morgan fingerprint density at radius 3 is 2.53 bits per heavy atom. The van der Waals surface area contributed by atoms with Crippen molar-refractivity contribution in [1.82, 2.24) is 24.6 Å².